The molecule has 3 aromatic rings. The van der Waals surface area contributed by atoms with Gasteiger partial charge in [-0.1, -0.05) is 42.5 Å². The summed E-state index contributed by atoms with van der Waals surface area (Å²) in [5, 5.41) is 7.67. The number of ether oxygens (including phenoxy) is 1. The van der Waals surface area contributed by atoms with Gasteiger partial charge in [0.25, 0.3) is 0 Å². The molecule has 4 amide bonds. The summed E-state index contributed by atoms with van der Waals surface area (Å²) in [5.41, 5.74) is -0.0222. The van der Waals surface area contributed by atoms with E-state index in [4.69, 9.17) is 4.74 Å². The zero-order valence-corrected chi connectivity index (χ0v) is 23.4. The monoisotopic (exact) mass is 600 g/mol. The second-order valence-corrected chi connectivity index (χ2v) is 10.2. The lowest BCUT2D eigenvalue weighted by Crippen LogP contribution is -2.53. The molecule has 0 aliphatic carbocycles. The van der Waals surface area contributed by atoms with Crippen molar-refractivity contribution in [1.82, 2.24) is 15.5 Å². The number of benzene rings is 3. The summed E-state index contributed by atoms with van der Waals surface area (Å²) >= 11 is 0. The van der Waals surface area contributed by atoms with Crippen molar-refractivity contribution < 1.29 is 36.7 Å². The number of likely N-dealkylation sites (tertiary alicyclic amines) is 1. The molecule has 43 heavy (non-hydrogen) atoms. The summed E-state index contributed by atoms with van der Waals surface area (Å²) in [7, 11) is 1.57. The van der Waals surface area contributed by atoms with Crippen LogP contribution in [0.4, 0.5) is 28.0 Å². The summed E-state index contributed by atoms with van der Waals surface area (Å²) in [6.07, 6.45) is -3.85. The van der Waals surface area contributed by atoms with Crippen molar-refractivity contribution in [2.75, 3.05) is 25.5 Å². The van der Waals surface area contributed by atoms with Crippen molar-refractivity contribution in [1.29, 1.82) is 0 Å². The van der Waals surface area contributed by atoms with Crippen LogP contribution in [0.5, 0.6) is 5.75 Å². The first-order valence-corrected chi connectivity index (χ1v) is 13.7. The molecule has 0 bridgehead atoms. The number of carbonyl (C=O) groups is 3. The van der Waals surface area contributed by atoms with Crippen molar-refractivity contribution in [3.8, 4) is 5.75 Å². The molecule has 228 valence electrons. The number of nitrogens with zero attached hydrogens (tertiary/aromatic N) is 1. The number of rotatable bonds is 9. The Bertz CT molecular complexity index is 1430. The Hall–Kier alpha value is -4.61. The van der Waals surface area contributed by atoms with Crippen molar-refractivity contribution in [3.63, 3.8) is 0 Å². The van der Waals surface area contributed by atoms with Crippen LogP contribution in [0.3, 0.4) is 0 Å². The molecule has 1 aliphatic heterocycles. The number of halogens is 4. The maximum absolute atomic E-state index is 13.8. The first-order chi connectivity index (χ1) is 20.5. The molecule has 8 nitrogen and oxygen atoms in total. The van der Waals surface area contributed by atoms with Crippen LogP contribution < -0.4 is 20.7 Å². The van der Waals surface area contributed by atoms with Gasteiger partial charge in [-0.15, -0.1) is 0 Å². The van der Waals surface area contributed by atoms with E-state index in [0.717, 1.165) is 17.2 Å². The molecule has 1 saturated heterocycles. The van der Waals surface area contributed by atoms with Crippen LogP contribution in [-0.2, 0) is 28.7 Å². The zero-order valence-electron chi connectivity index (χ0n) is 23.4. The van der Waals surface area contributed by atoms with E-state index in [0.29, 0.717) is 37.3 Å². The standard InChI is InChI=1S/C31H32F4N4O4/c1-43-26-9-5-8-21(14-26)19-36-28(40)22-10-12-39(13-11-22)29(41)27(15-20-6-3-2-4-7-20)38-30(42)37-25-17-23(31(33,34)35)16-24(32)18-25/h2-9,14,16-18,22,27H,10-13,15,19H2,1H3,(H,36,40)(H2,37,38,42)/t27-/m1/s1. The molecule has 0 spiro atoms. The Kier molecular flexibility index (Phi) is 10.2. The number of hydrogen-bond acceptors (Lipinski definition) is 4. The van der Waals surface area contributed by atoms with E-state index in [1.807, 2.05) is 24.3 Å². The largest absolute Gasteiger partial charge is 0.497 e. The van der Waals surface area contributed by atoms with Gasteiger partial charge in [0.2, 0.25) is 11.8 Å². The topological polar surface area (TPSA) is 99.8 Å². The van der Waals surface area contributed by atoms with Crippen LogP contribution in [0.25, 0.3) is 0 Å². The Morgan fingerprint density at radius 3 is 2.33 bits per heavy atom. The van der Waals surface area contributed by atoms with Gasteiger partial charge in [0, 0.05) is 37.7 Å². The lowest BCUT2D eigenvalue weighted by molar-refractivity contribution is -0.137. The van der Waals surface area contributed by atoms with E-state index in [2.05, 4.69) is 16.0 Å². The second kappa shape index (κ2) is 14.0. The number of methoxy groups -OCH3 is 1. The SMILES string of the molecule is COc1cccc(CNC(=O)C2CCN(C(=O)[C@@H](Cc3ccccc3)NC(=O)Nc3cc(F)cc(C(F)(F)F)c3)CC2)c1. The predicted molar refractivity (Wildman–Crippen MR) is 152 cm³/mol. The quantitative estimate of drug-likeness (QED) is 0.296. The van der Waals surface area contributed by atoms with Gasteiger partial charge in [0.15, 0.2) is 0 Å². The number of hydrogen-bond donors (Lipinski definition) is 3. The van der Waals surface area contributed by atoms with Crippen molar-refractivity contribution in [2.24, 2.45) is 5.92 Å². The van der Waals surface area contributed by atoms with Crippen molar-refractivity contribution >= 4 is 23.5 Å². The number of nitrogens with one attached hydrogen (secondary N) is 3. The molecule has 3 N–H and O–H groups in total. The summed E-state index contributed by atoms with van der Waals surface area (Å²) < 4.78 is 58.3. The summed E-state index contributed by atoms with van der Waals surface area (Å²) in [6.45, 7) is 0.899. The van der Waals surface area contributed by atoms with E-state index in [9.17, 15) is 31.9 Å². The highest BCUT2D eigenvalue weighted by Crippen LogP contribution is 2.31. The molecule has 0 radical (unpaired) electrons. The number of anilines is 1. The van der Waals surface area contributed by atoms with Gasteiger partial charge in [-0.2, -0.15) is 13.2 Å². The molecule has 0 unspecified atom stereocenters. The third-order valence-corrected chi connectivity index (χ3v) is 7.15. The maximum atomic E-state index is 13.8. The van der Waals surface area contributed by atoms with Crippen molar-refractivity contribution in [2.45, 2.75) is 38.0 Å². The normalized spacial score (nSPS) is 14.5. The molecule has 3 aromatic carbocycles. The molecule has 0 aromatic heterocycles. The Morgan fingerprint density at radius 2 is 1.65 bits per heavy atom. The molecule has 1 fully saturated rings. The van der Waals surface area contributed by atoms with Gasteiger partial charge in [-0.3, -0.25) is 9.59 Å². The molecule has 1 aliphatic rings. The van der Waals surface area contributed by atoms with Crippen LogP contribution >= 0.6 is 0 Å². The van der Waals surface area contributed by atoms with E-state index >= 15 is 0 Å². The number of carbonyl (C=O) groups excluding carboxylic acids is 3. The molecular weight excluding hydrogens is 568 g/mol. The third-order valence-electron chi connectivity index (χ3n) is 7.15. The molecular formula is C31H32F4N4O4. The van der Waals surface area contributed by atoms with Gasteiger partial charge < -0.3 is 25.6 Å². The minimum absolute atomic E-state index is 0.116. The highest BCUT2D eigenvalue weighted by Gasteiger charge is 2.33. The fourth-order valence-corrected chi connectivity index (χ4v) is 4.90. The number of alkyl halides is 3. The highest BCUT2D eigenvalue weighted by molar-refractivity contribution is 5.94. The third kappa shape index (κ3) is 8.94. The molecule has 0 saturated carbocycles. The van der Waals surface area contributed by atoms with Crippen LogP contribution in [0.15, 0.2) is 72.8 Å². The average molecular weight is 601 g/mol. The predicted octanol–water partition coefficient (Wildman–Crippen LogP) is 5.14. The number of piperidine rings is 1. The van der Waals surface area contributed by atoms with Crippen LogP contribution in [-0.4, -0.2) is 49.0 Å². The minimum Gasteiger partial charge on any atom is -0.497 e. The second-order valence-electron chi connectivity index (χ2n) is 10.2. The van der Waals surface area contributed by atoms with Crippen LogP contribution in [0, 0.1) is 11.7 Å². The van der Waals surface area contributed by atoms with E-state index in [1.165, 1.54) is 0 Å². The van der Waals surface area contributed by atoms with Gasteiger partial charge in [-0.25, -0.2) is 9.18 Å². The Labute approximate surface area is 246 Å². The fraction of sp³-hybridized carbons (Fsp3) is 0.323. The summed E-state index contributed by atoms with van der Waals surface area (Å²) in [5.74, 6) is -1.30. The maximum Gasteiger partial charge on any atom is 0.416 e. The Morgan fingerprint density at radius 1 is 0.953 bits per heavy atom. The lowest BCUT2D eigenvalue weighted by atomic mass is 9.94. The molecule has 4 rings (SSSR count). The lowest BCUT2D eigenvalue weighted by Gasteiger charge is -2.34. The number of urea groups is 1. The van der Waals surface area contributed by atoms with Crippen LogP contribution in [0.1, 0.15) is 29.5 Å². The Balaban J connectivity index is 1.37. The first kappa shape index (κ1) is 31.3. The molecule has 1 atom stereocenters. The smallest absolute Gasteiger partial charge is 0.416 e. The zero-order chi connectivity index (χ0) is 31.0. The molecule has 12 heteroatoms. The van der Waals surface area contributed by atoms with Gasteiger partial charge in [0.05, 0.1) is 12.7 Å². The van der Waals surface area contributed by atoms with E-state index in [-0.39, 0.29) is 31.3 Å². The van der Waals surface area contributed by atoms with E-state index in [1.54, 1.807) is 42.3 Å². The minimum atomic E-state index is -4.81. The van der Waals surface area contributed by atoms with Crippen LogP contribution in [0.2, 0.25) is 0 Å². The molecule has 1 heterocycles. The fourth-order valence-electron chi connectivity index (χ4n) is 4.90. The summed E-state index contributed by atoms with van der Waals surface area (Å²) in [6, 6.07) is 15.9. The average Bonchev–Trinajstić information content (AvgIpc) is 2.99. The highest BCUT2D eigenvalue weighted by atomic mass is 19.4. The van der Waals surface area contributed by atoms with E-state index < -0.39 is 41.2 Å². The van der Waals surface area contributed by atoms with Gasteiger partial charge in [-0.05, 0) is 54.3 Å². The van der Waals surface area contributed by atoms with Gasteiger partial charge >= 0.3 is 12.2 Å². The first-order valence-electron chi connectivity index (χ1n) is 13.7. The van der Waals surface area contributed by atoms with Crippen molar-refractivity contribution in [3.05, 3.63) is 95.3 Å². The number of amides is 4. The van der Waals surface area contributed by atoms with Gasteiger partial charge in [0.1, 0.15) is 17.6 Å². The summed E-state index contributed by atoms with van der Waals surface area (Å²) in [4.78, 5) is 40.7.